The van der Waals surface area contributed by atoms with Gasteiger partial charge in [-0.15, -0.1) is 0 Å². The minimum Gasteiger partial charge on any atom is -0.478 e. The Bertz CT molecular complexity index is 586. The number of carboxylic acids is 1. The van der Waals surface area contributed by atoms with Crippen LogP contribution in [-0.2, 0) is 0 Å². The highest BCUT2D eigenvalue weighted by Crippen LogP contribution is 2.25. The Hall–Kier alpha value is -1.94. The van der Waals surface area contributed by atoms with Gasteiger partial charge in [0.15, 0.2) is 0 Å². The molecule has 0 aliphatic carbocycles. The molecule has 0 amide bonds. The molecule has 0 radical (unpaired) electrons. The molecule has 86 valence electrons. The lowest BCUT2D eigenvalue weighted by Crippen LogP contribution is -2.01. The number of carbonyl (C=O) groups is 1. The summed E-state index contributed by atoms with van der Waals surface area (Å²) in [6.07, 6.45) is 1.47. The fourth-order valence-corrected chi connectivity index (χ4v) is 1.63. The molecule has 1 heterocycles. The molecular weight excluding hydrogens is 245 g/mol. The van der Waals surface area contributed by atoms with Crippen LogP contribution < -0.4 is 0 Å². The molecule has 0 bridgehead atoms. The highest BCUT2D eigenvalue weighted by atomic mass is 35.5. The number of rotatable bonds is 2. The first-order valence-corrected chi connectivity index (χ1v) is 5.11. The van der Waals surface area contributed by atoms with E-state index >= 15 is 0 Å². The van der Waals surface area contributed by atoms with E-state index in [2.05, 4.69) is 4.98 Å². The highest BCUT2D eigenvalue weighted by molar-refractivity contribution is 6.31. The van der Waals surface area contributed by atoms with Crippen molar-refractivity contribution in [1.82, 2.24) is 4.98 Å². The van der Waals surface area contributed by atoms with Crippen molar-refractivity contribution in [2.45, 2.75) is 0 Å². The Labute approximate surface area is 101 Å². The number of aromatic nitrogens is 1. The zero-order valence-corrected chi connectivity index (χ0v) is 9.28. The van der Waals surface area contributed by atoms with Gasteiger partial charge in [-0.1, -0.05) is 11.6 Å². The molecule has 2 rings (SSSR count). The fraction of sp³-hybridized carbons (Fsp3) is 0. The molecule has 0 saturated heterocycles. The molecule has 0 saturated carbocycles. The third-order valence-electron chi connectivity index (χ3n) is 2.23. The van der Waals surface area contributed by atoms with Crippen molar-refractivity contribution in [3.05, 3.63) is 52.9 Å². The summed E-state index contributed by atoms with van der Waals surface area (Å²) < 4.78 is 13.0. The molecule has 0 fully saturated rings. The topological polar surface area (TPSA) is 50.2 Å². The van der Waals surface area contributed by atoms with Gasteiger partial charge in [0.25, 0.3) is 0 Å². The quantitative estimate of drug-likeness (QED) is 0.891. The first kappa shape index (κ1) is 11.5. The van der Waals surface area contributed by atoms with E-state index in [9.17, 15) is 9.18 Å². The van der Waals surface area contributed by atoms with Crippen LogP contribution in [0, 0.1) is 5.82 Å². The van der Waals surface area contributed by atoms with E-state index in [4.69, 9.17) is 16.7 Å². The third-order valence-corrected chi connectivity index (χ3v) is 2.52. The maximum Gasteiger partial charge on any atom is 0.337 e. The van der Waals surface area contributed by atoms with Crippen LogP contribution in [-0.4, -0.2) is 16.1 Å². The SMILES string of the molecule is O=C(O)c1cccnc1-c1ccc(F)c(Cl)c1. The van der Waals surface area contributed by atoms with Crippen LogP contribution in [0.5, 0.6) is 0 Å². The Kier molecular flexibility index (Phi) is 3.06. The molecular formula is C12H7ClFNO2. The molecule has 5 heteroatoms. The lowest BCUT2D eigenvalue weighted by atomic mass is 10.1. The lowest BCUT2D eigenvalue weighted by molar-refractivity contribution is 0.0697. The number of nitrogens with zero attached hydrogens (tertiary/aromatic N) is 1. The maximum atomic E-state index is 13.0. The number of halogens is 2. The molecule has 2 aromatic rings. The van der Waals surface area contributed by atoms with Crippen LogP contribution in [0.4, 0.5) is 4.39 Å². The smallest absolute Gasteiger partial charge is 0.337 e. The van der Waals surface area contributed by atoms with Gasteiger partial charge in [0, 0.05) is 11.8 Å². The van der Waals surface area contributed by atoms with Gasteiger partial charge in [-0.05, 0) is 30.3 Å². The third kappa shape index (κ3) is 2.26. The molecule has 17 heavy (non-hydrogen) atoms. The summed E-state index contributed by atoms with van der Waals surface area (Å²) in [5, 5.41) is 8.94. The van der Waals surface area contributed by atoms with Gasteiger partial charge in [0.05, 0.1) is 16.3 Å². The molecule has 0 atom stereocenters. The summed E-state index contributed by atoms with van der Waals surface area (Å²) in [6.45, 7) is 0. The van der Waals surface area contributed by atoms with Crippen molar-refractivity contribution < 1.29 is 14.3 Å². The second kappa shape index (κ2) is 4.51. The summed E-state index contributed by atoms with van der Waals surface area (Å²) in [5.74, 6) is -1.64. The van der Waals surface area contributed by atoms with E-state index in [0.717, 1.165) is 0 Å². The molecule has 0 aliphatic heterocycles. The predicted molar refractivity (Wildman–Crippen MR) is 61.6 cm³/mol. The van der Waals surface area contributed by atoms with Crippen LogP contribution in [0.25, 0.3) is 11.3 Å². The summed E-state index contributed by atoms with van der Waals surface area (Å²) in [4.78, 5) is 15.0. The Balaban J connectivity index is 2.60. The minimum atomic E-state index is -1.09. The van der Waals surface area contributed by atoms with Gasteiger partial charge >= 0.3 is 5.97 Å². The number of pyridine rings is 1. The van der Waals surface area contributed by atoms with E-state index in [1.807, 2.05) is 0 Å². The van der Waals surface area contributed by atoms with Crippen molar-refractivity contribution in [1.29, 1.82) is 0 Å². The summed E-state index contributed by atoms with van der Waals surface area (Å²) >= 11 is 5.65. The van der Waals surface area contributed by atoms with E-state index in [1.165, 1.54) is 36.5 Å². The average Bonchev–Trinajstić information content (AvgIpc) is 2.32. The maximum absolute atomic E-state index is 13.0. The molecule has 1 N–H and O–H groups in total. The van der Waals surface area contributed by atoms with E-state index in [0.29, 0.717) is 5.56 Å². The van der Waals surface area contributed by atoms with Gasteiger partial charge in [0.2, 0.25) is 0 Å². The first-order valence-electron chi connectivity index (χ1n) is 4.73. The fourth-order valence-electron chi connectivity index (χ4n) is 1.45. The van der Waals surface area contributed by atoms with Crippen molar-refractivity contribution in [2.24, 2.45) is 0 Å². The van der Waals surface area contributed by atoms with Gasteiger partial charge < -0.3 is 5.11 Å². The molecule has 0 spiro atoms. The zero-order chi connectivity index (χ0) is 12.4. The van der Waals surface area contributed by atoms with Crippen LogP contribution in [0.1, 0.15) is 10.4 Å². The number of benzene rings is 1. The standard InChI is InChI=1S/C12H7ClFNO2/c13-9-6-7(3-4-10(9)14)11-8(12(16)17)2-1-5-15-11/h1-6H,(H,16,17). The van der Waals surface area contributed by atoms with E-state index in [-0.39, 0.29) is 16.3 Å². The Morgan fingerprint density at radius 1 is 1.35 bits per heavy atom. The van der Waals surface area contributed by atoms with Crippen molar-refractivity contribution in [3.8, 4) is 11.3 Å². The monoisotopic (exact) mass is 251 g/mol. The average molecular weight is 252 g/mol. The number of carboxylic acid groups (broad SMARTS) is 1. The number of hydrogen-bond acceptors (Lipinski definition) is 2. The van der Waals surface area contributed by atoms with Crippen LogP contribution >= 0.6 is 11.6 Å². The molecule has 0 aliphatic rings. The molecule has 1 aromatic heterocycles. The first-order chi connectivity index (χ1) is 8.09. The second-order valence-electron chi connectivity index (χ2n) is 3.33. The summed E-state index contributed by atoms with van der Waals surface area (Å²) in [6, 6.07) is 6.93. The second-order valence-corrected chi connectivity index (χ2v) is 3.74. The summed E-state index contributed by atoms with van der Waals surface area (Å²) in [5.41, 5.74) is 0.784. The lowest BCUT2D eigenvalue weighted by Gasteiger charge is -2.05. The van der Waals surface area contributed by atoms with Crippen molar-refractivity contribution in [2.75, 3.05) is 0 Å². The highest BCUT2D eigenvalue weighted by Gasteiger charge is 2.13. The summed E-state index contributed by atoms with van der Waals surface area (Å²) in [7, 11) is 0. The number of hydrogen-bond donors (Lipinski definition) is 1. The Morgan fingerprint density at radius 3 is 2.76 bits per heavy atom. The Morgan fingerprint density at radius 2 is 2.12 bits per heavy atom. The number of aromatic carboxylic acids is 1. The molecule has 3 nitrogen and oxygen atoms in total. The van der Waals surface area contributed by atoms with Gasteiger partial charge in [-0.2, -0.15) is 0 Å². The zero-order valence-electron chi connectivity index (χ0n) is 8.52. The van der Waals surface area contributed by atoms with E-state index < -0.39 is 11.8 Å². The van der Waals surface area contributed by atoms with Crippen LogP contribution in [0.15, 0.2) is 36.5 Å². The predicted octanol–water partition coefficient (Wildman–Crippen LogP) is 3.24. The van der Waals surface area contributed by atoms with Crippen LogP contribution in [0.2, 0.25) is 5.02 Å². The van der Waals surface area contributed by atoms with Gasteiger partial charge in [-0.25, -0.2) is 9.18 Å². The van der Waals surface area contributed by atoms with Gasteiger partial charge in [0.1, 0.15) is 5.82 Å². The normalized spacial score (nSPS) is 10.2. The largest absolute Gasteiger partial charge is 0.478 e. The van der Waals surface area contributed by atoms with Crippen LogP contribution in [0.3, 0.4) is 0 Å². The molecule has 1 aromatic carbocycles. The van der Waals surface area contributed by atoms with Crippen molar-refractivity contribution in [3.63, 3.8) is 0 Å². The van der Waals surface area contributed by atoms with Gasteiger partial charge in [-0.3, -0.25) is 4.98 Å². The molecule has 0 unspecified atom stereocenters. The minimum absolute atomic E-state index is 0.0511. The van der Waals surface area contributed by atoms with E-state index in [1.54, 1.807) is 0 Å². The van der Waals surface area contributed by atoms with Crippen molar-refractivity contribution >= 4 is 17.6 Å².